The summed E-state index contributed by atoms with van der Waals surface area (Å²) in [5, 5.41) is 3.44. The van der Waals surface area contributed by atoms with Crippen molar-refractivity contribution in [3.63, 3.8) is 0 Å². The summed E-state index contributed by atoms with van der Waals surface area (Å²) >= 11 is 12.2. The Morgan fingerprint density at radius 1 is 1.77 bits per heavy atom. The number of aromatic nitrogens is 1. The minimum Gasteiger partial charge on any atom is -0.349 e. The summed E-state index contributed by atoms with van der Waals surface area (Å²) in [6.45, 7) is 2.09. The van der Waals surface area contributed by atoms with E-state index >= 15 is 0 Å². The first-order valence-electron chi connectivity index (χ1n) is 3.58. The van der Waals surface area contributed by atoms with E-state index < -0.39 is 4.84 Å². The molecule has 6 heteroatoms. The lowest BCUT2D eigenvalue weighted by Gasteiger charge is -2.02. The van der Waals surface area contributed by atoms with E-state index in [-0.39, 0.29) is 12.5 Å². The van der Waals surface area contributed by atoms with Crippen molar-refractivity contribution in [3.05, 3.63) is 16.1 Å². The molecular weight excluding hydrogens is 231 g/mol. The van der Waals surface area contributed by atoms with Crippen LogP contribution < -0.4 is 5.32 Å². The first kappa shape index (κ1) is 10.8. The molecule has 0 atom stereocenters. The molecule has 0 fully saturated rings. The molecule has 72 valence electrons. The zero-order valence-electron chi connectivity index (χ0n) is 6.88. The van der Waals surface area contributed by atoms with Crippen LogP contribution in [0.1, 0.15) is 14.7 Å². The van der Waals surface area contributed by atoms with Crippen LogP contribution in [0.5, 0.6) is 0 Å². The third-order valence-electron chi connectivity index (χ3n) is 1.26. The number of halogens is 2. The summed E-state index contributed by atoms with van der Waals surface area (Å²) in [6.07, 6.45) is 1.53. The Labute approximate surface area is 90.1 Å². The molecule has 0 unspecified atom stereocenters. The fraction of sp³-hybridized carbons (Fsp3) is 0.429. The van der Waals surface area contributed by atoms with Gasteiger partial charge in [0.2, 0.25) is 0 Å². The molecular formula is C7H8Cl2N2OS. The first-order valence-corrected chi connectivity index (χ1v) is 5.27. The SMILES string of the molecule is Cc1ncc(C(=O)NCC(Cl)Cl)s1. The van der Waals surface area contributed by atoms with Crippen LogP contribution in [0, 0.1) is 6.92 Å². The number of thiazole rings is 1. The number of carbonyl (C=O) groups excluding carboxylic acids is 1. The molecule has 0 saturated heterocycles. The zero-order valence-corrected chi connectivity index (χ0v) is 9.21. The van der Waals surface area contributed by atoms with Gasteiger partial charge in [0.1, 0.15) is 9.71 Å². The smallest absolute Gasteiger partial charge is 0.263 e. The number of carbonyl (C=O) groups is 1. The van der Waals surface area contributed by atoms with Crippen molar-refractivity contribution in [2.75, 3.05) is 6.54 Å². The average Bonchev–Trinajstić information content (AvgIpc) is 2.47. The number of alkyl halides is 2. The fourth-order valence-electron chi connectivity index (χ4n) is 0.723. The van der Waals surface area contributed by atoms with E-state index in [9.17, 15) is 4.79 Å². The van der Waals surface area contributed by atoms with Gasteiger partial charge in [0.05, 0.1) is 11.2 Å². The molecule has 0 spiro atoms. The summed E-state index contributed by atoms with van der Waals surface area (Å²) in [5.41, 5.74) is 0. The third-order valence-corrected chi connectivity index (χ3v) is 2.48. The van der Waals surface area contributed by atoms with E-state index in [4.69, 9.17) is 23.2 Å². The lowest BCUT2D eigenvalue weighted by molar-refractivity contribution is 0.0959. The number of rotatable bonds is 3. The number of nitrogens with one attached hydrogen (secondary N) is 1. The summed E-state index contributed by atoms with van der Waals surface area (Å²) < 4.78 is 0. The molecule has 0 aliphatic heterocycles. The second-order valence-electron chi connectivity index (χ2n) is 2.34. The van der Waals surface area contributed by atoms with Crippen LogP contribution in [0.3, 0.4) is 0 Å². The lowest BCUT2D eigenvalue weighted by Crippen LogP contribution is -2.26. The van der Waals surface area contributed by atoms with Crippen molar-refractivity contribution < 1.29 is 4.79 Å². The van der Waals surface area contributed by atoms with Gasteiger partial charge in [-0.05, 0) is 6.92 Å². The Bertz CT molecular complexity index is 300. The van der Waals surface area contributed by atoms with E-state index in [2.05, 4.69) is 10.3 Å². The summed E-state index contributed by atoms with van der Waals surface area (Å²) in [7, 11) is 0. The minimum atomic E-state index is -0.571. The molecule has 1 aromatic rings. The summed E-state index contributed by atoms with van der Waals surface area (Å²) in [6, 6.07) is 0. The second kappa shape index (κ2) is 4.79. The van der Waals surface area contributed by atoms with Gasteiger partial charge in [-0.25, -0.2) is 4.98 Å². The van der Waals surface area contributed by atoms with Gasteiger partial charge in [-0.2, -0.15) is 0 Å². The van der Waals surface area contributed by atoms with Crippen molar-refractivity contribution in [2.45, 2.75) is 11.8 Å². The molecule has 1 rings (SSSR count). The predicted octanol–water partition coefficient (Wildman–Crippen LogP) is 1.99. The standard InChI is InChI=1S/C7H8Cl2N2OS/c1-4-10-2-5(13-4)7(12)11-3-6(8)9/h2,6H,3H2,1H3,(H,11,12). The van der Waals surface area contributed by atoms with Crippen LogP contribution >= 0.6 is 34.5 Å². The van der Waals surface area contributed by atoms with E-state index in [0.29, 0.717) is 4.88 Å². The Morgan fingerprint density at radius 3 is 2.92 bits per heavy atom. The van der Waals surface area contributed by atoms with Crippen molar-refractivity contribution in [3.8, 4) is 0 Å². The lowest BCUT2D eigenvalue weighted by atomic mass is 10.5. The molecule has 0 aliphatic rings. The van der Waals surface area contributed by atoms with Crippen LogP contribution in [-0.2, 0) is 0 Å². The van der Waals surface area contributed by atoms with E-state index in [0.717, 1.165) is 5.01 Å². The molecule has 0 aliphatic carbocycles. The molecule has 0 saturated carbocycles. The molecule has 0 radical (unpaired) electrons. The monoisotopic (exact) mass is 238 g/mol. The van der Waals surface area contributed by atoms with E-state index in [1.165, 1.54) is 17.5 Å². The molecule has 13 heavy (non-hydrogen) atoms. The van der Waals surface area contributed by atoms with Gasteiger partial charge < -0.3 is 5.32 Å². The molecule has 1 amide bonds. The van der Waals surface area contributed by atoms with Crippen LogP contribution in [0.4, 0.5) is 0 Å². The Balaban J connectivity index is 2.49. The largest absolute Gasteiger partial charge is 0.349 e. The zero-order chi connectivity index (χ0) is 9.84. The van der Waals surface area contributed by atoms with Gasteiger partial charge in [-0.15, -0.1) is 34.5 Å². The van der Waals surface area contributed by atoms with Gasteiger partial charge in [0.15, 0.2) is 0 Å². The van der Waals surface area contributed by atoms with E-state index in [1.54, 1.807) is 0 Å². The average molecular weight is 239 g/mol. The molecule has 0 bridgehead atoms. The fourth-order valence-corrected chi connectivity index (χ4v) is 1.57. The van der Waals surface area contributed by atoms with Gasteiger partial charge in [0, 0.05) is 6.54 Å². The summed E-state index contributed by atoms with van der Waals surface area (Å²) in [5.74, 6) is -0.183. The maximum atomic E-state index is 11.3. The maximum absolute atomic E-state index is 11.3. The van der Waals surface area contributed by atoms with Crippen molar-refractivity contribution in [1.82, 2.24) is 10.3 Å². The van der Waals surface area contributed by atoms with Crippen LogP contribution in [0.2, 0.25) is 0 Å². The molecule has 1 N–H and O–H groups in total. The quantitative estimate of drug-likeness (QED) is 0.819. The maximum Gasteiger partial charge on any atom is 0.263 e. The molecule has 0 aromatic carbocycles. The minimum absolute atomic E-state index is 0.183. The predicted molar refractivity (Wildman–Crippen MR) is 54.7 cm³/mol. The highest BCUT2D eigenvalue weighted by molar-refractivity contribution is 7.13. The summed E-state index contributed by atoms with van der Waals surface area (Å²) in [4.78, 5) is 15.3. The van der Waals surface area contributed by atoms with Crippen molar-refractivity contribution in [2.24, 2.45) is 0 Å². The second-order valence-corrected chi connectivity index (χ2v) is 4.86. The Morgan fingerprint density at radius 2 is 2.46 bits per heavy atom. The molecule has 1 heterocycles. The normalized spacial score (nSPS) is 10.5. The Hall–Kier alpha value is -0.320. The van der Waals surface area contributed by atoms with Crippen LogP contribution in [-0.4, -0.2) is 22.3 Å². The molecule has 1 aromatic heterocycles. The number of nitrogens with zero attached hydrogens (tertiary/aromatic N) is 1. The van der Waals surface area contributed by atoms with Gasteiger partial charge >= 0.3 is 0 Å². The highest BCUT2D eigenvalue weighted by Gasteiger charge is 2.09. The highest BCUT2D eigenvalue weighted by atomic mass is 35.5. The van der Waals surface area contributed by atoms with E-state index in [1.807, 2.05) is 6.92 Å². The Kier molecular flexibility index (Phi) is 3.96. The van der Waals surface area contributed by atoms with Gasteiger partial charge in [-0.3, -0.25) is 4.79 Å². The number of hydrogen-bond donors (Lipinski definition) is 1. The van der Waals surface area contributed by atoms with Crippen molar-refractivity contribution in [1.29, 1.82) is 0 Å². The van der Waals surface area contributed by atoms with Gasteiger partial charge in [0.25, 0.3) is 5.91 Å². The first-order chi connectivity index (χ1) is 6.09. The van der Waals surface area contributed by atoms with Crippen LogP contribution in [0.15, 0.2) is 6.20 Å². The van der Waals surface area contributed by atoms with Gasteiger partial charge in [-0.1, -0.05) is 0 Å². The highest BCUT2D eigenvalue weighted by Crippen LogP contribution is 2.11. The number of aryl methyl sites for hydroxylation is 1. The topological polar surface area (TPSA) is 42.0 Å². The number of amides is 1. The van der Waals surface area contributed by atoms with Crippen molar-refractivity contribution >= 4 is 40.4 Å². The van der Waals surface area contributed by atoms with Crippen LogP contribution in [0.25, 0.3) is 0 Å². The third kappa shape index (κ3) is 3.50. The molecule has 3 nitrogen and oxygen atoms in total. The number of hydrogen-bond acceptors (Lipinski definition) is 3.